The van der Waals surface area contributed by atoms with E-state index in [2.05, 4.69) is 5.32 Å². The summed E-state index contributed by atoms with van der Waals surface area (Å²) in [6, 6.07) is 6.01. The van der Waals surface area contributed by atoms with Crippen molar-refractivity contribution >= 4 is 11.9 Å². The summed E-state index contributed by atoms with van der Waals surface area (Å²) in [5, 5.41) is 3.01. The largest absolute Gasteiger partial charge is 0.449 e. The molecule has 0 heterocycles. The molecule has 1 amide bonds. The Morgan fingerprint density at radius 2 is 1.75 bits per heavy atom. The third-order valence-electron chi connectivity index (χ3n) is 5.19. The van der Waals surface area contributed by atoms with Crippen molar-refractivity contribution in [2.75, 3.05) is 0 Å². The van der Waals surface area contributed by atoms with Gasteiger partial charge in [0.1, 0.15) is 0 Å². The fourth-order valence-corrected chi connectivity index (χ4v) is 3.71. The number of amides is 1. The molecule has 0 aliphatic heterocycles. The lowest BCUT2D eigenvalue weighted by atomic mass is 9.90. The Labute approximate surface area is 144 Å². The summed E-state index contributed by atoms with van der Waals surface area (Å²) >= 11 is 0. The maximum Gasteiger partial charge on any atom is 0.338 e. The Morgan fingerprint density at radius 1 is 1.04 bits per heavy atom. The van der Waals surface area contributed by atoms with Gasteiger partial charge in [-0.15, -0.1) is 0 Å². The molecule has 4 nitrogen and oxygen atoms in total. The second-order valence-corrected chi connectivity index (χ2v) is 7.08. The second-order valence-electron chi connectivity index (χ2n) is 7.08. The first-order chi connectivity index (χ1) is 11.6. The topological polar surface area (TPSA) is 55.4 Å². The highest BCUT2D eigenvalue weighted by molar-refractivity contribution is 5.92. The summed E-state index contributed by atoms with van der Waals surface area (Å²) in [4.78, 5) is 24.6. The lowest BCUT2D eigenvalue weighted by Crippen LogP contribution is -2.42. The van der Waals surface area contributed by atoms with Crippen LogP contribution < -0.4 is 5.32 Å². The van der Waals surface area contributed by atoms with Gasteiger partial charge in [-0.1, -0.05) is 25.3 Å². The molecule has 0 spiro atoms. The molecule has 1 N–H and O–H groups in total. The van der Waals surface area contributed by atoms with Gasteiger partial charge in [0.15, 0.2) is 6.10 Å². The van der Waals surface area contributed by atoms with Gasteiger partial charge in [-0.2, -0.15) is 0 Å². The van der Waals surface area contributed by atoms with Crippen molar-refractivity contribution in [3.63, 3.8) is 0 Å². The quantitative estimate of drug-likeness (QED) is 0.859. The van der Waals surface area contributed by atoms with Crippen LogP contribution in [-0.4, -0.2) is 24.0 Å². The zero-order valence-corrected chi connectivity index (χ0v) is 14.5. The lowest BCUT2D eigenvalue weighted by molar-refractivity contribution is -0.130. The van der Waals surface area contributed by atoms with Crippen molar-refractivity contribution in [2.24, 2.45) is 0 Å². The van der Waals surface area contributed by atoms with Crippen molar-refractivity contribution in [3.05, 3.63) is 34.9 Å². The molecule has 1 aromatic carbocycles. The molecule has 0 aromatic heterocycles. The van der Waals surface area contributed by atoms with E-state index < -0.39 is 12.1 Å². The molecular formula is C20H27NO3. The molecule has 0 unspecified atom stereocenters. The van der Waals surface area contributed by atoms with E-state index in [0.29, 0.717) is 5.56 Å². The third-order valence-corrected chi connectivity index (χ3v) is 5.19. The van der Waals surface area contributed by atoms with Gasteiger partial charge in [0.05, 0.1) is 5.56 Å². The van der Waals surface area contributed by atoms with E-state index in [1.165, 1.54) is 30.4 Å². The van der Waals surface area contributed by atoms with Crippen LogP contribution in [0.3, 0.4) is 0 Å². The Kier molecular flexibility index (Phi) is 5.54. The van der Waals surface area contributed by atoms with Crippen LogP contribution in [0.2, 0.25) is 0 Å². The number of hydrogen-bond donors (Lipinski definition) is 1. The minimum Gasteiger partial charge on any atom is -0.449 e. The average molecular weight is 329 g/mol. The van der Waals surface area contributed by atoms with Gasteiger partial charge >= 0.3 is 5.97 Å². The Hall–Kier alpha value is -1.84. The van der Waals surface area contributed by atoms with E-state index in [-0.39, 0.29) is 11.9 Å². The average Bonchev–Trinajstić information content (AvgIpc) is 2.62. The van der Waals surface area contributed by atoms with Gasteiger partial charge in [-0.05, 0) is 68.7 Å². The van der Waals surface area contributed by atoms with Gasteiger partial charge < -0.3 is 10.1 Å². The van der Waals surface area contributed by atoms with Gasteiger partial charge in [0, 0.05) is 6.04 Å². The van der Waals surface area contributed by atoms with Crippen LogP contribution in [0.5, 0.6) is 0 Å². The number of nitrogens with one attached hydrogen (secondary N) is 1. The molecule has 1 fully saturated rings. The summed E-state index contributed by atoms with van der Waals surface area (Å²) in [6.45, 7) is 1.65. The molecule has 1 aromatic rings. The number of esters is 1. The maximum absolute atomic E-state index is 12.3. The van der Waals surface area contributed by atoms with Crippen LogP contribution in [0.1, 0.15) is 73.4 Å². The van der Waals surface area contributed by atoms with Crippen molar-refractivity contribution in [1.29, 1.82) is 0 Å². The molecular weight excluding hydrogens is 302 g/mol. The number of fused-ring (bicyclic) bond motifs is 1. The highest BCUT2D eigenvalue weighted by atomic mass is 16.5. The van der Waals surface area contributed by atoms with Gasteiger partial charge in [0.2, 0.25) is 0 Å². The SMILES string of the molecule is C[C@H](OC(=O)c1ccc2c(c1)CCCC2)C(=O)NC1CCCCC1. The zero-order chi connectivity index (χ0) is 16.9. The van der Waals surface area contributed by atoms with E-state index in [1.807, 2.05) is 18.2 Å². The first kappa shape index (κ1) is 17.0. The summed E-state index contributed by atoms with van der Waals surface area (Å²) in [5.74, 6) is -0.595. The second kappa shape index (κ2) is 7.82. The number of carbonyl (C=O) groups is 2. The fraction of sp³-hybridized carbons (Fsp3) is 0.600. The molecule has 2 aliphatic rings. The van der Waals surface area contributed by atoms with Crippen LogP contribution in [0, 0.1) is 0 Å². The molecule has 1 atom stereocenters. The van der Waals surface area contributed by atoms with E-state index in [0.717, 1.165) is 38.5 Å². The Balaban J connectivity index is 1.56. The van der Waals surface area contributed by atoms with Crippen LogP contribution in [0.25, 0.3) is 0 Å². The smallest absolute Gasteiger partial charge is 0.338 e. The minimum atomic E-state index is -0.754. The first-order valence-corrected chi connectivity index (χ1v) is 9.26. The number of benzene rings is 1. The number of ether oxygens (including phenoxy) is 1. The molecule has 1 saturated carbocycles. The molecule has 4 heteroatoms. The summed E-state index contributed by atoms with van der Waals surface area (Å²) in [5.41, 5.74) is 3.13. The molecule has 24 heavy (non-hydrogen) atoms. The van der Waals surface area contributed by atoms with Crippen LogP contribution in [-0.2, 0) is 22.4 Å². The minimum absolute atomic E-state index is 0.187. The molecule has 2 aliphatic carbocycles. The van der Waals surface area contributed by atoms with Crippen molar-refractivity contribution in [1.82, 2.24) is 5.32 Å². The molecule has 0 saturated heterocycles. The number of aryl methyl sites for hydroxylation is 2. The number of rotatable bonds is 4. The molecule has 3 rings (SSSR count). The predicted octanol–water partition coefficient (Wildman–Crippen LogP) is 3.56. The number of carbonyl (C=O) groups excluding carboxylic acids is 2. The standard InChI is InChI=1S/C20H27NO3/c1-14(19(22)21-18-9-3-2-4-10-18)24-20(23)17-12-11-15-7-5-6-8-16(15)13-17/h11-14,18H,2-10H2,1H3,(H,21,22)/t14-/m0/s1. The van der Waals surface area contributed by atoms with Crippen molar-refractivity contribution in [3.8, 4) is 0 Å². The number of hydrogen-bond acceptors (Lipinski definition) is 3. The summed E-state index contributed by atoms with van der Waals surface area (Å²) in [7, 11) is 0. The van der Waals surface area contributed by atoms with Crippen LogP contribution in [0.15, 0.2) is 18.2 Å². The van der Waals surface area contributed by atoms with E-state index in [1.54, 1.807) is 6.92 Å². The normalized spacial score (nSPS) is 19.2. The highest BCUT2D eigenvalue weighted by Gasteiger charge is 2.23. The zero-order valence-electron chi connectivity index (χ0n) is 14.5. The van der Waals surface area contributed by atoms with E-state index in [9.17, 15) is 9.59 Å². The third kappa shape index (κ3) is 4.16. The van der Waals surface area contributed by atoms with Gasteiger partial charge in [0.25, 0.3) is 5.91 Å². The lowest BCUT2D eigenvalue weighted by Gasteiger charge is -2.24. The van der Waals surface area contributed by atoms with Gasteiger partial charge in [-0.3, -0.25) is 4.79 Å². The fourth-order valence-electron chi connectivity index (χ4n) is 3.71. The van der Waals surface area contributed by atoms with Crippen molar-refractivity contribution < 1.29 is 14.3 Å². The highest BCUT2D eigenvalue weighted by Crippen LogP contribution is 2.23. The Bertz CT molecular complexity index is 605. The summed E-state index contributed by atoms with van der Waals surface area (Å²) in [6.07, 6.45) is 9.36. The van der Waals surface area contributed by atoms with E-state index >= 15 is 0 Å². The molecule has 130 valence electrons. The Morgan fingerprint density at radius 3 is 2.50 bits per heavy atom. The molecule has 0 bridgehead atoms. The molecule has 0 radical (unpaired) electrons. The van der Waals surface area contributed by atoms with Crippen LogP contribution >= 0.6 is 0 Å². The van der Waals surface area contributed by atoms with Crippen molar-refractivity contribution in [2.45, 2.75) is 76.9 Å². The maximum atomic E-state index is 12.3. The van der Waals surface area contributed by atoms with Gasteiger partial charge in [-0.25, -0.2) is 4.79 Å². The predicted molar refractivity (Wildman–Crippen MR) is 93.0 cm³/mol. The first-order valence-electron chi connectivity index (χ1n) is 9.26. The van der Waals surface area contributed by atoms with Crippen LogP contribution in [0.4, 0.5) is 0 Å². The summed E-state index contributed by atoms with van der Waals surface area (Å²) < 4.78 is 5.38. The van der Waals surface area contributed by atoms with E-state index in [4.69, 9.17) is 4.74 Å². The monoisotopic (exact) mass is 329 g/mol.